The average molecular weight is 345 g/mol. The molecule has 0 radical (unpaired) electrons. The van der Waals surface area contributed by atoms with Gasteiger partial charge in [-0.15, -0.1) is 0 Å². The van der Waals surface area contributed by atoms with Crippen molar-refractivity contribution in [2.75, 3.05) is 13.2 Å². The monoisotopic (exact) mass is 345 g/mol. The van der Waals surface area contributed by atoms with Crippen LogP contribution in [0.1, 0.15) is 42.2 Å². The van der Waals surface area contributed by atoms with Crippen LogP contribution in [0, 0.1) is 0 Å². The van der Waals surface area contributed by atoms with Crippen LogP contribution in [0.4, 0.5) is 5.82 Å². The fourth-order valence-electron chi connectivity index (χ4n) is 3.34. The molecule has 24 heavy (non-hydrogen) atoms. The van der Waals surface area contributed by atoms with Crippen LogP contribution in [0.3, 0.4) is 0 Å². The standard InChI is InChI=1S/C17H19N3O3S/c1-10-18-16-14(15(24-10)11-3-2-4-13(21)9-11)17(22)19-20(16)12-5-7-23-8-6-12/h2-4,9,12,15,21H,5-8H2,1H3,(H,19,22). The molecule has 0 spiro atoms. The van der Waals surface area contributed by atoms with Crippen LogP contribution >= 0.6 is 11.8 Å². The highest BCUT2D eigenvalue weighted by molar-refractivity contribution is 8.14. The van der Waals surface area contributed by atoms with Gasteiger partial charge in [0.05, 0.1) is 21.9 Å². The van der Waals surface area contributed by atoms with Gasteiger partial charge < -0.3 is 9.84 Å². The molecule has 1 saturated heterocycles. The van der Waals surface area contributed by atoms with Gasteiger partial charge in [0.1, 0.15) is 5.75 Å². The van der Waals surface area contributed by atoms with Crippen LogP contribution in [0.5, 0.6) is 5.75 Å². The Bertz CT molecular complexity index is 849. The van der Waals surface area contributed by atoms with Gasteiger partial charge in [0, 0.05) is 13.2 Å². The molecule has 1 atom stereocenters. The number of benzene rings is 1. The van der Waals surface area contributed by atoms with Crippen molar-refractivity contribution >= 4 is 22.6 Å². The highest BCUT2D eigenvalue weighted by Gasteiger charge is 2.32. The third kappa shape index (κ3) is 2.67. The molecular formula is C17H19N3O3S. The second kappa shape index (κ2) is 6.14. The molecule has 2 N–H and O–H groups in total. The first kappa shape index (κ1) is 15.5. The predicted octanol–water partition coefficient (Wildman–Crippen LogP) is 3.12. The van der Waals surface area contributed by atoms with Crippen LogP contribution in [-0.4, -0.2) is 33.1 Å². The smallest absolute Gasteiger partial charge is 0.271 e. The third-order valence-corrected chi connectivity index (χ3v) is 5.65. The van der Waals surface area contributed by atoms with E-state index >= 15 is 0 Å². The van der Waals surface area contributed by atoms with Gasteiger partial charge in [-0.3, -0.25) is 14.6 Å². The number of H-pyrrole nitrogens is 1. The maximum Gasteiger partial charge on any atom is 0.271 e. The molecule has 126 valence electrons. The van der Waals surface area contributed by atoms with Crippen molar-refractivity contribution in [3.63, 3.8) is 0 Å². The summed E-state index contributed by atoms with van der Waals surface area (Å²) in [5.41, 5.74) is 1.47. The quantitative estimate of drug-likeness (QED) is 0.876. The Labute approximate surface area is 143 Å². The van der Waals surface area contributed by atoms with Crippen LogP contribution in [-0.2, 0) is 4.74 Å². The average Bonchev–Trinajstić information content (AvgIpc) is 2.91. The number of aromatic hydroxyl groups is 1. The maximum atomic E-state index is 12.6. The van der Waals surface area contributed by atoms with E-state index < -0.39 is 0 Å². The molecular weight excluding hydrogens is 326 g/mol. The molecule has 6 nitrogen and oxygen atoms in total. The lowest BCUT2D eigenvalue weighted by atomic mass is 10.1. The molecule has 0 amide bonds. The number of thioether (sulfide) groups is 1. The summed E-state index contributed by atoms with van der Waals surface area (Å²) in [5, 5.41) is 13.5. The number of phenolic OH excluding ortho intramolecular Hbond substituents is 1. The molecule has 1 aromatic heterocycles. The number of hydrogen-bond donors (Lipinski definition) is 2. The predicted molar refractivity (Wildman–Crippen MR) is 94.5 cm³/mol. The topological polar surface area (TPSA) is 79.6 Å². The van der Waals surface area contributed by atoms with Crippen molar-refractivity contribution in [2.45, 2.75) is 31.1 Å². The normalized spacial score (nSPS) is 21.4. The van der Waals surface area contributed by atoms with Gasteiger partial charge >= 0.3 is 0 Å². The molecule has 1 aromatic carbocycles. The minimum absolute atomic E-state index is 0.103. The summed E-state index contributed by atoms with van der Waals surface area (Å²) in [6.45, 7) is 3.36. The SMILES string of the molecule is CC1=Nc2c(c(=O)[nH]n2C2CCOCC2)C(c2cccc(O)c2)S1. The summed E-state index contributed by atoms with van der Waals surface area (Å²) in [5.74, 6) is 0.923. The lowest BCUT2D eigenvalue weighted by molar-refractivity contribution is 0.0666. The Morgan fingerprint density at radius 1 is 1.38 bits per heavy atom. The van der Waals surface area contributed by atoms with Gasteiger partial charge in [0.25, 0.3) is 5.56 Å². The maximum absolute atomic E-state index is 12.6. The van der Waals surface area contributed by atoms with Crippen LogP contribution in [0.15, 0.2) is 34.1 Å². The van der Waals surface area contributed by atoms with E-state index in [0.29, 0.717) is 18.8 Å². The summed E-state index contributed by atoms with van der Waals surface area (Å²) in [7, 11) is 0. The second-order valence-electron chi connectivity index (χ2n) is 6.12. The summed E-state index contributed by atoms with van der Waals surface area (Å²) < 4.78 is 7.34. The molecule has 3 heterocycles. The zero-order chi connectivity index (χ0) is 16.7. The van der Waals surface area contributed by atoms with Gasteiger partial charge in [-0.2, -0.15) is 0 Å². The van der Waals surface area contributed by atoms with E-state index in [0.717, 1.165) is 29.3 Å². The van der Waals surface area contributed by atoms with Crippen molar-refractivity contribution in [1.29, 1.82) is 0 Å². The third-order valence-electron chi connectivity index (χ3n) is 4.48. The van der Waals surface area contributed by atoms with Crippen molar-refractivity contribution in [1.82, 2.24) is 9.78 Å². The number of nitrogens with one attached hydrogen (secondary N) is 1. The molecule has 0 bridgehead atoms. The Morgan fingerprint density at radius 3 is 2.92 bits per heavy atom. The molecule has 2 aromatic rings. The minimum atomic E-state index is -0.158. The van der Waals surface area contributed by atoms with E-state index in [1.807, 2.05) is 17.7 Å². The van der Waals surface area contributed by atoms with E-state index in [1.165, 1.54) is 0 Å². The zero-order valence-electron chi connectivity index (χ0n) is 13.4. The zero-order valence-corrected chi connectivity index (χ0v) is 14.2. The number of fused-ring (bicyclic) bond motifs is 1. The van der Waals surface area contributed by atoms with Crippen molar-refractivity contribution < 1.29 is 9.84 Å². The fraction of sp³-hybridized carbons (Fsp3) is 0.412. The summed E-state index contributed by atoms with van der Waals surface area (Å²) in [6, 6.07) is 7.29. The summed E-state index contributed by atoms with van der Waals surface area (Å²) in [6.07, 6.45) is 1.74. The second-order valence-corrected chi connectivity index (χ2v) is 7.41. The molecule has 2 aliphatic rings. The van der Waals surface area contributed by atoms with Gasteiger partial charge in [0.15, 0.2) is 5.82 Å². The van der Waals surface area contributed by atoms with Gasteiger partial charge in [0.2, 0.25) is 0 Å². The van der Waals surface area contributed by atoms with E-state index in [-0.39, 0.29) is 22.6 Å². The molecule has 1 fully saturated rings. The lowest BCUT2D eigenvalue weighted by Gasteiger charge is -2.26. The van der Waals surface area contributed by atoms with E-state index in [9.17, 15) is 9.90 Å². The minimum Gasteiger partial charge on any atom is -0.508 e. The van der Waals surface area contributed by atoms with Gasteiger partial charge in [-0.05, 0) is 37.5 Å². The number of aromatic nitrogens is 2. The van der Waals surface area contributed by atoms with Crippen molar-refractivity contribution in [3.8, 4) is 5.75 Å². The van der Waals surface area contributed by atoms with Gasteiger partial charge in [-0.1, -0.05) is 23.9 Å². The number of ether oxygens (including phenoxy) is 1. The molecule has 7 heteroatoms. The highest BCUT2D eigenvalue weighted by atomic mass is 32.2. The molecule has 1 unspecified atom stereocenters. The van der Waals surface area contributed by atoms with E-state index in [2.05, 4.69) is 10.1 Å². The van der Waals surface area contributed by atoms with E-state index in [4.69, 9.17) is 4.74 Å². The Hall–Kier alpha value is -1.99. The summed E-state index contributed by atoms with van der Waals surface area (Å²) >= 11 is 1.55. The molecule has 0 aliphatic carbocycles. The first-order chi connectivity index (χ1) is 11.6. The number of aromatic amines is 1. The highest BCUT2D eigenvalue weighted by Crippen LogP contribution is 2.45. The molecule has 2 aliphatic heterocycles. The first-order valence-corrected chi connectivity index (χ1v) is 8.94. The largest absolute Gasteiger partial charge is 0.508 e. The van der Waals surface area contributed by atoms with Crippen LogP contribution in [0.25, 0.3) is 0 Å². The van der Waals surface area contributed by atoms with Gasteiger partial charge in [-0.25, -0.2) is 4.99 Å². The number of phenols is 1. The lowest BCUT2D eigenvalue weighted by Crippen LogP contribution is -2.21. The molecule has 4 rings (SSSR count). The van der Waals surface area contributed by atoms with Crippen molar-refractivity contribution in [2.24, 2.45) is 4.99 Å². The fourth-order valence-corrected chi connectivity index (χ4v) is 4.43. The van der Waals surface area contributed by atoms with Crippen LogP contribution < -0.4 is 5.56 Å². The Morgan fingerprint density at radius 2 is 2.17 bits per heavy atom. The van der Waals surface area contributed by atoms with Crippen LogP contribution in [0.2, 0.25) is 0 Å². The number of rotatable bonds is 2. The van der Waals surface area contributed by atoms with Crippen molar-refractivity contribution in [3.05, 3.63) is 45.7 Å². The Balaban J connectivity index is 1.82. The Kier molecular flexibility index (Phi) is 3.97. The molecule has 0 saturated carbocycles. The number of hydrogen-bond acceptors (Lipinski definition) is 5. The van der Waals surface area contributed by atoms with E-state index in [1.54, 1.807) is 30.0 Å². The number of aliphatic imine (C=N–C) groups is 1. The first-order valence-electron chi connectivity index (χ1n) is 8.06. The number of nitrogens with zero attached hydrogens (tertiary/aromatic N) is 2. The summed E-state index contributed by atoms with van der Waals surface area (Å²) in [4.78, 5) is 17.3.